The molecule has 0 bridgehead atoms. The maximum atomic E-state index is 11.0. The van der Waals surface area contributed by atoms with Crippen molar-refractivity contribution in [2.24, 2.45) is 0 Å². The average molecular weight is 245 g/mol. The summed E-state index contributed by atoms with van der Waals surface area (Å²) in [7, 11) is 0. The van der Waals surface area contributed by atoms with E-state index in [1.165, 1.54) is 21.9 Å². The van der Waals surface area contributed by atoms with Crippen molar-refractivity contribution in [1.29, 1.82) is 0 Å². The van der Waals surface area contributed by atoms with Gasteiger partial charge in [-0.3, -0.25) is 0 Å². The third-order valence-electron chi connectivity index (χ3n) is 2.33. The lowest BCUT2D eigenvalue weighted by atomic mass is 10.3. The summed E-state index contributed by atoms with van der Waals surface area (Å²) in [6.45, 7) is 0. The second-order valence-corrected chi connectivity index (χ2v) is 4.36. The Morgan fingerprint density at radius 2 is 2.24 bits per heavy atom. The van der Waals surface area contributed by atoms with Crippen molar-refractivity contribution in [1.82, 2.24) is 14.6 Å². The number of carbonyl (C=O) groups is 1. The van der Waals surface area contributed by atoms with E-state index in [-0.39, 0.29) is 5.56 Å². The first-order valence-corrected chi connectivity index (χ1v) is 5.76. The molecule has 3 aromatic heterocycles. The molecule has 17 heavy (non-hydrogen) atoms. The Hall–Kier alpha value is -2.21. The lowest BCUT2D eigenvalue weighted by Gasteiger charge is -1.94. The molecule has 0 saturated heterocycles. The zero-order chi connectivity index (χ0) is 11.8. The Kier molecular flexibility index (Phi) is 2.15. The van der Waals surface area contributed by atoms with Gasteiger partial charge in [0.05, 0.1) is 4.88 Å². The first kappa shape index (κ1) is 9.98. The zero-order valence-corrected chi connectivity index (χ0v) is 9.39. The Morgan fingerprint density at radius 3 is 2.94 bits per heavy atom. The summed E-state index contributed by atoms with van der Waals surface area (Å²) < 4.78 is 1.48. The summed E-state index contributed by atoms with van der Waals surface area (Å²) in [6, 6.07) is 6.97. The van der Waals surface area contributed by atoms with Crippen LogP contribution in [0.2, 0.25) is 0 Å². The lowest BCUT2D eigenvalue weighted by molar-refractivity contribution is 0.0698. The van der Waals surface area contributed by atoms with Gasteiger partial charge in [-0.15, -0.1) is 16.4 Å². The quantitative estimate of drug-likeness (QED) is 0.751. The fraction of sp³-hybridized carbons (Fsp3) is 0. The molecule has 0 saturated carbocycles. The maximum absolute atomic E-state index is 11.0. The highest BCUT2D eigenvalue weighted by Gasteiger charge is 2.13. The molecule has 0 amide bonds. The number of thiophene rings is 1. The van der Waals surface area contributed by atoms with E-state index < -0.39 is 5.97 Å². The summed E-state index contributed by atoms with van der Waals surface area (Å²) in [4.78, 5) is 16.2. The SMILES string of the molecule is O=C(O)c1cccn2nc(-c3cccs3)nc12. The molecular formula is C11H7N3O2S. The molecule has 5 nitrogen and oxygen atoms in total. The molecule has 0 aliphatic carbocycles. The van der Waals surface area contributed by atoms with E-state index >= 15 is 0 Å². The van der Waals surface area contributed by atoms with Crippen LogP contribution in [0.5, 0.6) is 0 Å². The Bertz CT molecular complexity index is 688. The number of nitrogens with zero attached hydrogens (tertiary/aromatic N) is 3. The number of fused-ring (bicyclic) bond motifs is 1. The van der Waals surface area contributed by atoms with E-state index in [9.17, 15) is 4.79 Å². The van der Waals surface area contributed by atoms with Gasteiger partial charge in [-0.1, -0.05) is 6.07 Å². The second kappa shape index (κ2) is 3.67. The van der Waals surface area contributed by atoms with Crippen LogP contribution in [-0.2, 0) is 0 Å². The molecule has 0 spiro atoms. The molecule has 3 rings (SSSR count). The van der Waals surface area contributed by atoms with Crippen LogP contribution < -0.4 is 0 Å². The number of rotatable bonds is 2. The average Bonchev–Trinajstić information content (AvgIpc) is 2.96. The van der Waals surface area contributed by atoms with Crippen LogP contribution in [0.15, 0.2) is 35.8 Å². The second-order valence-electron chi connectivity index (χ2n) is 3.41. The predicted molar refractivity (Wildman–Crippen MR) is 63.3 cm³/mol. The van der Waals surface area contributed by atoms with Crippen molar-refractivity contribution in [3.8, 4) is 10.7 Å². The van der Waals surface area contributed by atoms with Gasteiger partial charge in [0.25, 0.3) is 0 Å². The Labute approximate surface area is 100.0 Å². The minimum atomic E-state index is -0.999. The number of aromatic nitrogens is 3. The molecule has 6 heteroatoms. The third-order valence-corrected chi connectivity index (χ3v) is 3.20. The molecule has 0 unspecified atom stereocenters. The largest absolute Gasteiger partial charge is 0.478 e. The fourth-order valence-corrected chi connectivity index (χ4v) is 2.24. The smallest absolute Gasteiger partial charge is 0.339 e. The Morgan fingerprint density at radius 1 is 1.35 bits per heavy atom. The summed E-state index contributed by atoms with van der Waals surface area (Å²) in [5, 5.41) is 15.2. The monoisotopic (exact) mass is 245 g/mol. The fourth-order valence-electron chi connectivity index (χ4n) is 1.58. The van der Waals surface area contributed by atoms with Crippen molar-refractivity contribution in [2.75, 3.05) is 0 Å². The number of pyridine rings is 1. The molecule has 0 aliphatic heterocycles. The van der Waals surface area contributed by atoms with Gasteiger partial charge in [-0.05, 0) is 23.6 Å². The highest BCUT2D eigenvalue weighted by molar-refractivity contribution is 7.13. The molecule has 0 radical (unpaired) electrons. The number of carboxylic acids is 1. The molecule has 1 N–H and O–H groups in total. The zero-order valence-electron chi connectivity index (χ0n) is 8.57. The van der Waals surface area contributed by atoms with Gasteiger partial charge in [-0.2, -0.15) is 0 Å². The molecular weight excluding hydrogens is 238 g/mol. The van der Waals surface area contributed by atoms with Crippen LogP contribution in [0.4, 0.5) is 0 Å². The van der Waals surface area contributed by atoms with Crippen LogP contribution in [0, 0.1) is 0 Å². The van der Waals surface area contributed by atoms with Crippen LogP contribution >= 0.6 is 11.3 Å². The molecule has 0 fully saturated rings. The third kappa shape index (κ3) is 1.58. The van der Waals surface area contributed by atoms with Crippen molar-refractivity contribution < 1.29 is 9.90 Å². The lowest BCUT2D eigenvalue weighted by Crippen LogP contribution is -2.00. The number of aromatic carboxylic acids is 1. The van der Waals surface area contributed by atoms with Crippen LogP contribution in [-0.4, -0.2) is 25.7 Å². The highest BCUT2D eigenvalue weighted by Crippen LogP contribution is 2.22. The van der Waals surface area contributed by atoms with Crippen molar-refractivity contribution in [2.45, 2.75) is 0 Å². The number of hydrogen-bond donors (Lipinski definition) is 1. The van der Waals surface area contributed by atoms with E-state index in [4.69, 9.17) is 5.11 Å². The summed E-state index contributed by atoms with van der Waals surface area (Å²) in [5.74, 6) is -0.450. The van der Waals surface area contributed by atoms with E-state index in [1.54, 1.807) is 12.3 Å². The maximum Gasteiger partial charge on any atom is 0.339 e. The van der Waals surface area contributed by atoms with Crippen molar-refractivity contribution >= 4 is 23.0 Å². The van der Waals surface area contributed by atoms with Crippen LogP contribution in [0.3, 0.4) is 0 Å². The van der Waals surface area contributed by atoms with E-state index in [2.05, 4.69) is 10.1 Å². The van der Waals surface area contributed by atoms with Crippen molar-refractivity contribution in [3.05, 3.63) is 41.4 Å². The number of hydrogen-bond acceptors (Lipinski definition) is 4. The van der Waals surface area contributed by atoms with Gasteiger partial charge in [-0.25, -0.2) is 14.3 Å². The molecule has 84 valence electrons. The van der Waals surface area contributed by atoms with Gasteiger partial charge in [0, 0.05) is 6.20 Å². The van der Waals surface area contributed by atoms with Crippen LogP contribution in [0.1, 0.15) is 10.4 Å². The topological polar surface area (TPSA) is 67.5 Å². The normalized spacial score (nSPS) is 10.8. The summed E-state index contributed by atoms with van der Waals surface area (Å²) in [6.07, 6.45) is 1.69. The van der Waals surface area contributed by atoms with Gasteiger partial charge < -0.3 is 5.11 Å². The first-order valence-electron chi connectivity index (χ1n) is 4.88. The standard InChI is InChI=1S/C11H7N3O2S/c15-11(16)7-3-1-5-14-10(7)12-9(13-14)8-4-2-6-17-8/h1-6H,(H,15,16). The summed E-state index contributed by atoms with van der Waals surface area (Å²) in [5.41, 5.74) is 0.520. The van der Waals surface area contributed by atoms with E-state index in [0.29, 0.717) is 11.5 Å². The van der Waals surface area contributed by atoms with E-state index in [0.717, 1.165) is 4.88 Å². The molecule has 0 aliphatic rings. The predicted octanol–water partition coefficient (Wildman–Crippen LogP) is 2.16. The molecule has 0 aromatic carbocycles. The number of carboxylic acid groups (broad SMARTS) is 1. The first-order chi connectivity index (χ1) is 8.25. The van der Waals surface area contributed by atoms with Gasteiger partial charge in [0.1, 0.15) is 5.56 Å². The van der Waals surface area contributed by atoms with Gasteiger partial charge in [0.2, 0.25) is 0 Å². The van der Waals surface area contributed by atoms with E-state index in [1.807, 2.05) is 17.5 Å². The van der Waals surface area contributed by atoms with Crippen molar-refractivity contribution in [3.63, 3.8) is 0 Å². The highest BCUT2D eigenvalue weighted by atomic mass is 32.1. The molecule has 0 atom stereocenters. The summed E-state index contributed by atoms with van der Waals surface area (Å²) >= 11 is 1.52. The minimum absolute atomic E-state index is 0.155. The van der Waals surface area contributed by atoms with Crippen LogP contribution in [0.25, 0.3) is 16.3 Å². The minimum Gasteiger partial charge on any atom is -0.478 e. The Balaban J connectivity index is 2.26. The molecule has 3 heterocycles. The molecule has 3 aromatic rings. The van der Waals surface area contributed by atoms with Gasteiger partial charge >= 0.3 is 5.97 Å². The van der Waals surface area contributed by atoms with Gasteiger partial charge in [0.15, 0.2) is 11.5 Å².